The number of carbonyl (C=O) groups excluding carboxylic acids is 2. The fourth-order valence-electron chi connectivity index (χ4n) is 4.66. The highest BCUT2D eigenvalue weighted by Gasteiger charge is 2.42. The number of benzene rings is 1. The van der Waals surface area contributed by atoms with Crippen molar-refractivity contribution in [3.8, 4) is 12.8 Å². The molecule has 2 saturated heterocycles. The number of terminal acetylenes is 1. The van der Waals surface area contributed by atoms with Crippen molar-refractivity contribution in [3.63, 3.8) is 0 Å². The number of halogens is 1. The fourth-order valence-corrected chi connectivity index (χ4v) is 6.16. The molecule has 242 valence electrons. The number of likely N-dealkylation sites (tertiary alicyclic amines) is 1. The van der Waals surface area contributed by atoms with Crippen molar-refractivity contribution < 1.29 is 22.7 Å². The summed E-state index contributed by atoms with van der Waals surface area (Å²) in [6.45, 7) is 13.9. The van der Waals surface area contributed by atoms with E-state index in [2.05, 4.69) is 29.3 Å². The summed E-state index contributed by atoms with van der Waals surface area (Å²) in [4.78, 5) is 32.0. The van der Waals surface area contributed by atoms with E-state index in [-0.39, 0.29) is 24.7 Å². The van der Waals surface area contributed by atoms with Crippen LogP contribution in [-0.4, -0.2) is 84.5 Å². The molecule has 12 heteroatoms. The van der Waals surface area contributed by atoms with Crippen molar-refractivity contribution in [2.45, 2.75) is 71.5 Å². The lowest BCUT2D eigenvalue weighted by Crippen LogP contribution is -2.60. The Labute approximate surface area is 268 Å². The van der Waals surface area contributed by atoms with Crippen molar-refractivity contribution in [2.75, 3.05) is 33.3 Å². The largest absolute Gasteiger partial charge is 0.467 e. The molecule has 1 aromatic heterocycles. The lowest BCUT2D eigenvalue weighted by molar-refractivity contribution is -0.157. The minimum absolute atomic E-state index is 0.00546. The van der Waals surface area contributed by atoms with Crippen LogP contribution in [0, 0.1) is 32.1 Å². The summed E-state index contributed by atoms with van der Waals surface area (Å²) in [6.07, 6.45) is 11.4. The summed E-state index contributed by atoms with van der Waals surface area (Å²) in [5.41, 5.74) is 3.09. The number of aromatic nitrogens is 1. The van der Waals surface area contributed by atoms with Gasteiger partial charge in [0, 0.05) is 42.5 Å². The van der Waals surface area contributed by atoms with Gasteiger partial charge >= 0.3 is 5.97 Å². The van der Waals surface area contributed by atoms with Crippen molar-refractivity contribution in [1.29, 1.82) is 5.41 Å². The van der Waals surface area contributed by atoms with Gasteiger partial charge in [-0.1, -0.05) is 56.3 Å². The average molecular weight is 648 g/mol. The zero-order valence-electron chi connectivity index (χ0n) is 26.7. The number of hydrogen-bond acceptors (Lipinski definition) is 6. The molecule has 0 bridgehead atoms. The van der Waals surface area contributed by atoms with Gasteiger partial charge in [0.15, 0.2) is 0 Å². The number of aromatic amines is 1. The van der Waals surface area contributed by atoms with Crippen LogP contribution in [0.4, 0.5) is 0 Å². The highest BCUT2D eigenvalue weighted by atomic mass is 35.5. The van der Waals surface area contributed by atoms with E-state index in [0.29, 0.717) is 10.9 Å². The summed E-state index contributed by atoms with van der Waals surface area (Å²) < 4.78 is 32.3. The number of allylic oxidation sites excluding steroid dienone is 1. The molecule has 2 aliphatic rings. The molecule has 1 aromatic carbocycles. The number of sulfonamides is 1. The molecule has 2 N–H and O–H groups in total. The van der Waals surface area contributed by atoms with E-state index in [1.807, 2.05) is 38.1 Å². The lowest BCUT2D eigenvalue weighted by Gasteiger charge is -2.38. The van der Waals surface area contributed by atoms with Gasteiger partial charge in [0.1, 0.15) is 16.9 Å². The molecule has 1 unspecified atom stereocenters. The number of methoxy groups -OCH3 is 1. The molecule has 0 spiro atoms. The molecule has 0 aliphatic carbocycles. The number of ether oxygens (including phenoxy) is 1. The van der Waals surface area contributed by atoms with Crippen molar-refractivity contribution in [1.82, 2.24) is 19.1 Å². The second kappa shape index (κ2) is 18.3. The minimum atomic E-state index is -4.00. The quantitative estimate of drug-likeness (QED) is 0.196. The average Bonchev–Trinajstić information content (AvgIpc) is 3.38. The Kier molecular flexibility index (Phi) is 16.0. The second-order valence-electron chi connectivity index (χ2n) is 10.1. The number of esters is 1. The molecule has 2 fully saturated rings. The number of carbonyl (C=O) groups is 2. The van der Waals surface area contributed by atoms with Crippen molar-refractivity contribution in [3.05, 3.63) is 64.3 Å². The van der Waals surface area contributed by atoms with Gasteiger partial charge in [-0.05, 0) is 57.2 Å². The van der Waals surface area contributed by atoms with Crippen molar-refractivity contribution in [2.24, 2.45) is 0 Å². The topological polar surface area (TPSA) is 127 Å². The molecule has 4 rings (SSSR count). The number of amides is 1. The first-order valence-electron chi connectivity index (χ1n) is 14.5. The van der Waals surface area contributed by atoms with Crippen LogP contribution >= 0.6 is 11.6 Å². The van der Waals surface area contributed by atoms with Crippen LogP contribution in [0.3, 0.4) is 0 Å². The lowest BCUT2D eigenvalue weighted by atomic mass is 10.1. The number of nitrogens with zero attached hydrogens (tertiary/aromatic N) is 3. The summed E-state index contributed by atoms with van der Waals surface area (Å²) in [6, 6.07) is 7.82. The third-order valence-corrected chi connectivity index (χ3v) is 8.71. The molecule has 3 heterocycles. The van der Waals surface area contributed by atoms with Crippen LogP contribution in [0.1, 0.15) is 62.4 Å². The van der Waals surface area contributed by atoms with E-state index in [0.717, 1.165) is 52.6 Å². The Morgan fingerprint density at radius 3 is 2.16 bits per heavy atom. The fraction of sp³-hybridized carbons (Fsp3) is 0.469. The van der Waals surface area contributed by atoms with E-state index >= 15 is 0 Å². The predicted molar refractivity (Wildman–Crippen MR) is 176 cm³/mol. The Balaban J connectivity index is 0.00000110. The number of piperidine rings is 1. The Morgan fingerprint density at radius 2 is 1.68 bits per heavy atom. The molecular weight excluding hydrogens is 602 g/mol. The van der Waals surface area contributed by atoms with Crippen LogP contribution in [0.15, 0.2) is 47.0 Å². The van der Waals surface area contributed by atoms with Gasteiger partial charge < -0.3 is 19.5 Å². The first-order chi connectivity index (χ1) is 20.8. The third-order valence-electron chi connectivity index (χ3n) is 6.98. The smallest absolute Gasteiger partial charge is 0.329 e. The number of hydrogen-bond donors (Lipinski definition) is 2. The van der Waals surface area contributed by atoms with E-state index in [1.165, 1.54) is 24.5 Å². The number of piperazine rings is 1. The predicted octanol–water partition coefficient (Wildman–Crippen LogP) is 5.05. The van der Waals surface area contributed by atoms with Crippen molar-refractivity contribution >= 4 is 39.3 Å². The van der Waals surface area contributed by atoms with Gasteiger partial charge in [0.25, 0.3) is 10.0 Å². The van der Waals surface area contributed by atoms with Gasteiger partial charge in [-0.15, -0.1) is 12.8 Å². The van der Waals surface area contributed by atoms with Crippen LogP contribution in [-0.2, 0) is 30.9 Å². The molecule has 10 nitrogen and oxygen atoms in total. The number of rotatable bonds is 6. The molecule has 2 aliphatic heterocycles. The molecular formula is C32H46ClN5O5S. The number of H-pyrrole nitrogens is 1. The zero-order valence-corrected chi connectivity index (χ0v) is 28.2. The molecule has 0 radical (unpaired) electrons. The standard InChI is InChI=1S/C25H33N5O5S.C3H5Cl.C2H6.C2H2/c1-17-13-22(27-18(17)2)36(33,34)29-15-21(25(32)35-3)30(23(31)16-29)14-19-7-9-20(10-8-19)24(26)28-11-5-4-6-12-28;1-3(2)4;2*1-2/h7-10,13,21,26-27H,4-6,11-12,14-16H2,1-3H3;1H2,2H3;1-2H3;1-2H. The van der Waals surface area contributed by atoms with Gasteiger partial charge in [0.05, 0.1) is 13.7 Å². The highest BCUT2D eigenvalue weighted by molar-refractivity contribution is 7.89. The number of nitrogens with one attached hydrogen (secondary N) is 2. The zero-order chi connectivity index (χ0) is 33.6. The Morgan fingerprint density at radius 1 is 1.14 bits per heavy atom. The van der Waals surface area contributed by atoms with E-state index in [4.69, 9.17) is 21.7 Å². The minimum Gasteiger partial charge on any atom is -0.467 e. The summed E-state index contributed by atoms with van der Waals surface area (Å²) in [7, 11) is -2.78. The SMILES string of the molecule is C#C.C=C(C)Cl.CC.COC(=O)C1CN(S(=O)(=O)c2cc(C)c(C)[nH]2)CC(=O)N1Cc1ccc(C(=N)N2CCCCC2)cc1. The first-order valence-corrected chi connectivity index (χ1v) is 16.3. The Bertz CT molecular complexity index is 1370. The molecule has 1 amide bonds. The molecule has 2 aromatic rings. The second-order valence-corrected chi connectivity index (χ2v) is 12.6. The van der Waals surface area contributed by atoms with Gasteiger partial charge in [-0.25, -0.2) is 13.2 Å². The van der Waals surface area contributed by atoms with Crippen LogP contribution in [0.2, 0.25) is 0 Å². The summed E-state index contributed by atoms with van der Waals surface area (Å²) >= 11 is 5.08. The maximum absolute atomic E-state index is 13.2. The first kappa shape index (κ1) is 38.4. The van der Waals surface area contributed by atoms with Gasteiger partial charge in [0.2, 0.25) is 5.91 Å². The van der Waals surface area contributed by atoms with Gasteiger partial charge in [-0.3, -0.25) is 10.2 Å². The van der Waals surface area contributed by atoms with Crippen LogP contribution < -0.4 is 0 Å². The normalized spacial score (nSPS) is 16.7. The van der Waals surface area contributed by atoms with Crippen LogP contribution in [0.5, 0.6) is 0 Å². The van der Waals surface area contributed by atoms with E-state index in [1.54, 1.807) is 20.8 Å². The highest BCUT2D eigenvalue weighted by Crippen LogP contribution is 2.24. The number of amidine groups is 1. The monoisotopic (exact) mass is 647 g/mol. The summed E-state index contributed by atoms with van der Waals surface area (Å²) in [5.74, 6) is -0.672. The molecule has 44 heavy (non-hydrogen) atoms. The van der Waals surface area contributed by atoms with E-state index in [9.17, 15) is 18.0 Å². The molecule has 1 atom stereocenters. The summed E-state index contributed by atoms with van der Waals surface area (Å²) in [5, 5.41) is 9.13. The maximum atomic E-state index is 13.2. The van der Waals surface area contributed by atoms with Gasteiger partial charge in [-0.2, -0.15) is 4.31 Å². The van der Waals surface area contributed by atoms with E-state index < -0.39 is 27.9 Å². The van der Waals surface area contributed by atoms with Crippen LogP contribution in [0.25, 0.3) is 0 Å². The third kappa shape index (κ3) is 10.3. The number of aryl methyl sites for hydroxylation is 2. The maximum Gasteiger partial charge on any atom is 0.329 e. The Hall–Kier alpha value is -3.59. The molecule has 0 saturated carbocycles.